The molecule has 3 heteroatoms. The summed E-state index contributed by atoms with van der Waals surface area (Å²) < 4.78 is 0. The SMILES string of the molecule is CC1CCN(C(=O)C(C)(C)O)CC1C. The Labute approximate surface area is 86.1 Å². The van der Waals surface area contributed by atoms with E-state index in [0.29, 0.717) is 11.8 Å². The summed E-state index contributed by atoms with van der Waals surface area (Å²) in [6.07, 6.45) is 1.04. The van der Waals surface area contributed by atoms with E-state index >= 15 is 0 Å². The molecule has 1 amide bonds. The molecule has 1 aliphatic rings. The second-order valence-electron chi connectivity index (χ2n) is 5.05. The van der Waals surface area contributed by atoms with Gasteiger partial charge >= 0.3 is 0 Å². The van der Waals surface area contributed by atoms with E-state index in [0.717, 1.165) is 19.5 Å². The Hall–Kier alpha value is -0.570. The zero-order valence-electron chi connectivity index (χ0n) is 9.58. The largest absolute Gasteiger partial charge is 0.381 e. The Morgan fingerprint density at radius 2 is 1.93 bits per heavy atom. The normalized spacial score (nSPS) is 29.1. The highest BCUT2D eigenvalue weighted by Gasteiger charge is 2.33. The molecule has 0 aromatic heterocycles. The first-order valence-corrected chi connectivity index (χ1v) is 5.34. The van der Waals surface area contributed by atoms with Crippen molar-refractivity contribution < 1.29 is 9.90 Å². The van der Waals surface area contributed by atoms with Gasteiger partial charge in [-0.3, -0.25) is 4.79 Å². The molecular formula is C11H21NO2. The molecule has 0 aromatic rings. The quantitative estimate of drug-likeness (QED) is 0.690. The van der Waals surface area contributed by atoms with Gasteiger partial charge in [0.25, 0.3) is 5.91 Å². The van der Waals surface area contributed by atoms with Crippen LogP contribution in [0.1, 0.15) is 34.1 Å². The van der Waals surface area contributed by atoms with E-state index in [9.17, 15) is 9.90 Å². The highest BCUT2D eigenvalue weighted by atomic mass is 16.3. The average Bonchev–Trinajstić information content (AvgIpc) is 2.07. The predicted octanol–water partition coefficient (Wildman–Crippen LogP) is 1.26. The van der Waals surface area contributed by atoms with Gasteiger partial charge in [-0.1, -0.05) is 13.8 Å². The second-order valence-corrected chi connectivity index (χ2v) is 5.05. The number of hydrogen-bond donors (Lipinski definition) is 1. The van der Waals surface area contributed by atoms with E-state index in [1.165, 1.54) is 0 Å². The van der Waals surface area contributed by atoms with Crippen LogP contribution in [0.4, 0.5) is 0 Å². The van der Waals surface area contributed by atoms with Crippen LogP contribution >= 0.6 is 0 Å². The fourth-order valence-corrected chi connectivity index (χ4v) is 1.83. The number of piperidine rings is 1. The summed E-state index contributed by atoms with van der Waals surface area (Å²) in [7, 11) is 0. The molecule has 1 aliphatic heterocycles. The molecule has 0 radical (unpaired) electrons. The third kappa shape index (κ3) is 2.47. The average molecular weight is 199 g/mol. The summed E-state index contributed by atoms with van der Waals surface area (Å²) in [5.41, 5.74) is -1.22. The van der Waals surface area contributed by atoms with E-state index < -0.39 is 5.60 Å². The van der Waals surface area contributed by atoms with Crippen molar-refractivity contribution in [3.8, 4) is 0 Å². The maximum atomic E-state index is 11.7. The molecule has 1 heterocycles. The maximum absolute atomic E-state index is 11.7. The van der Waals surface area contributed by atoms with Gasteiger partial charge in [-0.15, -0.1) is 0 Å². The van der Waals surface area contributed by atoms with E-state index in [2.05, 4.69) is 13.8 Å². The lowest BCUT2D eigenvalue weighted by molar-refractivity contribution is -0.150. The van der Waals surface area contributed by atoms with Crippen LogP contribution in [-0.2, 0) is 4.79 Å². The summed E-state index contributed by atoms with van der Waals surface area (Å²) in [6, 6.07) is 0. The van der Waals surface area contributed by atoms with Gasteiger partial charge in [0, 0.05) is 13.1 Å². The number of hydrogen-bond acceptors (Lipinski definition) is 2. The van der Waals surface area contributed by atoms with Crippen molar-refractivity contribution in [2.24, 2.45) is 11.8 Å². The van der Waals surface area contributed by atoms with Gasteiger partial charge < -0.3 is 10.0 Å². The van der Waals surface area contributed by atoms with Crippen molar-refractivity contribution in [3.63, 3.8) is 0 Å². The molecule has 14 heavy (non-hydrogen) atoms. The summed E-state index contributed by atoms with van der Waals surface area (Å²) >= 11 is 0. The molecule has 1 N–H and O–H groups in total. The van der Waals surface area contributed by atoms with Crippen molar-refractivity contribution in [1.29, 1.82) is 0 Å². The molecule has 0 spiro atoms. The van der Waals surface area contributed by atoms with E-state index in [-0.39, 0.29) is 5.91 Å². The van der Waals surface area contributed by atoms with Crippen LogP contribution in [0.3, 0.4) is 0 Å². The summed E-state index contributed by atoms with van der Waals surface area (Å²) in [5, 5.41) is 9.60. The Balaban J connectivity index is 2.59. The minimum atomic E-state index is -1.22. The molecule has 1 fully saturated rings. The van der Waals surface area contributed by atoms with Gasteiger partial charge in [-0.05, 0) is 32.1 Å². The maximum Gasteiger partial charge on any atom is 0.253 e. The van der Waals surface area contributed by atoms with Gasteiger partial charge in [-0.25, -0.2) is 0 Å². The van der Waals surface area contributed by atoms with Gasteiger partial charge in [0.05, 0.1) is 0 Å². The molecule has 82 valence electrons. The number of aliphatic hydroxyl groups is 1. The zero-order chi connectivity index (χ0) is 10.9. The van der Waals surface area contributed by atoms with Crippen LogP contribution < -0.4 is 0 Å². The second kappa shape index (κ2) is 3.89. The van der Waals surface area contributed by atoms with Crippen molar-refractivity contribution in [3.05, 3.63) is 0 Å². The summed E-state index contributed by atoms with van der Waals surface area (Å²) in [4.78, 5) is 13.5. The van der Waals surface area contributed by atoms with Gasteiger partial charge in [0.2, 0.25) is 0 Å². The monoisotopic (exact) mass is 199 g/mol. The Kier molecular flexibility index (Phi) is 3.20. The fourth-order valence-electron chi connectivity index (χ4n) is 1.83. The predicted molar refractivity (Wildman–Crippen MR) is 55.8 cm³/mol. The van der Waals surface area contributed by atoms with E-state index in [1.54, 1.807) is 18.7 Å². The molecule has 2 atom stereocenters. The highest BCUT2D eigenvalue weighted by molar-refractivity contribution is 5.84. The molecule has 0 saturated carbocycles. The molecular weight excluding hydrogens is 178 g/mol. The first kappa shape index (κ1) is 11.5. The summed E-state index contributed by atoms with van der Waals surface area (Å²) in [5.74, 6) is 1.08. The van der Waals surface area contributed by atoms with Gasteiger partial charge in [-0.2, -0.15) is 0 Å². The lowest BCUT2D eigenvalue weighted by Gasteiger charge is -2.37. The molecule has 0 aromatic carbocycles. The van der Waals surface area contributed by atoms with Crippen molar-refractivity contribution in [2.75, 3.05) is 13.1 Å². The van der Waals surface area contributed by atoms with E-state index in [4.69, 9.17) is 0 Å². The third-order valence-corrected chi connectivity index (χ3v) is 3.14. The highest BCUT2D eigenvalue weighted by Crippen LogP contribution is 2.24. The van der Waals surface area contributed by atoms with Crippen LogP contribution in [0.15, 0.2) is 0 Å². The topological polar surface area (TPSA) is 40.5 Å². The van der Waals surface area contributed by atoms with Crippen LogP contribution in [0.5, 0.6) is 0 Å². The Morgan fingerprint density at radius 1 is 1.36 bits per heavy atom. The minimum absolute atomic E-state index is 0.142. The molecule has 1 saturated heterocycles. The van der Waals surface area contributed by atoms with E-state index in [1.807, 2.05) is 0 Å². The van der Waals surface area contributed by atoms with Gasteiger partial charge in [0.1, 0.15) is 5.60 Å². The first-order valence-electron chi connectivity index (χ1n) is 5.34. The number of carbonyl (C=O) groups excluding carboxylic acids is 1. The summed E-state index contributed by atoms with van der Waals surface area (Å²) in [6.45, 7) is 9.06. The Bertz CT molecular complexity index is 220. The number of rotatable bonds is 1. The minimum Gasteiger partial charge on any atom is -0.381 e. The lowest BCUT2D eigenvalue weighted by atomic mass is 9.88. The van der Waals surface area contributed by atoms with Crippen LogP contribution in [0.25, 0.3) is 0 Å². The Morgan fingerprint density at radius 3 is 2.36 bits per heavy atom. The molecule has 1 rings (SSSR count). The molecule has 0 aliphatic carbocycles. The van der Waals surface area contributed by atoms with Crippen molar-refractivity contribution in [2.45, 2.75) is 39.7 Å². The van der Waals surface area contributed by atoms with Gasteiger partial charge in [0.15, 0.2) is 0 Å². The zero-order valence-corrected chi connectivity index (χ0v) is 9.58. The van der Waals surface area contributed by atoms with Crippen LogP contribution in [-0.4, -0.2) is 34.6 Å². The standard InChI is InChI=1S/C11H21NO2/c1-8-5-6-12(7-9(8)2)10(13)11(3,4)14/h8-9,14H,5-7H2,1-4H3. The number of amides is 1. The third-order valence-electron chi connectivity index (χ3n) is 3.14. The number of nitrogens with zero attached hydrogens (tertiary/aromatic N) is 1. The van der Waals surface area contributed by atoms with Crippen LogP contribution in [0.2, 0.25) is 0 Å². The first-order chi connectivity index (χ1) is 6.32. The smallest absolute Gasteiger partial charge is 0.253 e. The molecule has 2 unspecified atom stereocenters. The van der Waals surface area contributed by atoms with Crippen molar-refractivity contribution >= 4 is 5.91 Å². The molecule has 3 nitrogen and oxygen atoms in total. The number of carbonyl (C=O) groups is 1. The fraction of sp³-hybridized carbons (Fsp3) is 0.909. The molecule has 0 bridgehead atoms. The van der Waals surface area contributed by atoms with Crippen LogP contribution in [0, 0.1) is 11.8 Å². The van der Waals surface area contributed by atoms with Crippen molar-refractivity contribution in [1.82, 2.24) is 4.90 Å². The lowest BCUT2D eigenvalue weighted by Crippen LogP contribution is -2.50. The number of likely N-dealkylation sites (tertiary alicyclic amines) is 1.